The molecule has 1 aromatic rings. The summed E-state index contributed by atoms with van der Waals surface area (Å²) in [6, 6.07) is 0. The Morgan fingerprint density at radius 1 is 1.25 bits per heavy atom. The molecule has 2 rings (SSSR count). The highest BCUT2D eigenvalue weighted by Gasteiger charge is 2.24. The van der Waals surface area contributed by atoms with Crippen molar-refractivity contribution >= 4 is 5.91 Å². The molecule has 5 nitrogen and oxygen atoms in total. The molecular formula is C11H17N3O2. The molecule has 0 aliphatic carbocycles. The second-order valence-electron chi connectivity index (χ2n) is 4.31. The maximum Gasteiger partial charge on any atom is 0.276 e. The van der Waals surface area contributed by atoms with Crippen LogP contribution in [0.2, 0.25) is 0 Å². The normalized spacial score (nSPS) is 17.8. The Morgan fingerprint density at radius 3 is 2.38 bits per heavy atom. The Balaban J connectivity index is 2.11. The SMILES string of the molecule is Cc1onc(C(=O)N2CCN(C)CC2)c1C. The van der Waals surface area contributed by atoms with Gasteiger partial charge in [0, 0.05) is 31.7 Å². The van der Waals surface area contributed by atoms with Crippen LogP contribution in [-0.4, -0.2) is 54.1 Å². The van der Waals surface area contributed by atoms with Gasteiger partial charge in [0.25, 0.3) is 5.91 Å². The van der Waals surface area contributed by atoms with Gasteiger partial charge in [-0.3, -0.25) is 4.79 Å². The van der Waals surface area contributed by atoms with Crippen LogP contribution in [0, 0.1) is 13.8 Å². The fourth-order valence-corrected chi connectivity index (χ4v) is 1.78. The van der Waals surface area contributed by atoms with Gasteiger partial charge in [-0.2, -0.15) is 0 Å². The average Bonchev–Trinajstić information content (AvgIpc) is 2.60. The van der Waals surface area contributed by atoms with Crippen LogP contribution >= 0.6 is 0 Å². The van der Waals surface area contributed by atoms with Gasteiger partial charge in [-0.05, 0) is 20.9 Å². The largest absolute Gasteiger partial charge is 0.361 e. The van der Waals surface area contributed by atoms with E-state index in [1.807, 2.05) is 18.7 Å². The topological polar surface area (TPSA) is 49.6 Å². The van der Waals surface area contributed by atoms with Crippen molar-refractivity contribution in [1.29, 1.82) is 0 Å². The van der Waals surface area contributed by atoms with Gasteiger partial charge in [0.05, 0.1) is 0 Å². The molecule has 0 atom stereocenters. The molecule has 16 heavy (non-hydrogen) atoms. The van der Waals surface area contributed by atoms with Crippen LogP contribution in [0.15, 0.2) is 4.52 Å². The highest BCUT2D eigenvalue weighted by Crippen LogP contribution is 2.14. The molecule has 1 saturated heterocycles. The Bertz CT molecular complexity index is 392. The van der Waals surface area contributed by atoms with Gasteiger partial charge in [0.15, 0.2) is 5.69 Å². The molecule has 0 bridgehead atoms. The van der Waals surface area contributed by atoms with Crippen LogP contribution in [-0.2, 0) is 0 Å². The predicted octanol–water partition coefficient (Wildman–Crippen LogP) is 0.679. The first-order chi connectivity index (χ1) is 7.59. The molecule has 1 aromatic heterocycles. The first-order valence-electron chi connectivity index (χ1n) is 5.50. The van der Waals surface area contributed by atoms with E-state index in [1.54, 1.807) is 0 Å². The van der Waals surface area contributed by atoms with Gasteiger partial charge in [-0.1, -0.05) is 5.16 Å². The van der Waals surface area contributed by atoms with Crippen molar-refractivity contribution < 1.29 is 9.32 Å². The number of amides is 1. The summed E-state index contributed by atoms with van der Waals surface area (Å²) in [5.74, 6) is 0.708. The highest BCUT2D eigenvalue weighted by atomic mass is 16.5. The molecule has 0 N–H and O–H groups in total. The molecule has 0 spiro atoms. The lowest BCUT2D eigenvalue weighted by Crippen LogP contribution is -2.47. The summed E-state index contributed by atoms with van der Waals surface area (Å²) in [7, 11) is 2.06. The van der Waals surface area contributed by atoms with Crippen LogP contribution in [0.3, 0.4) is 0 Å². The van der Waals surface area contributed by atoms with Crippen LogP contribution < -0.4 is 0 Å². The van der Waals surface area contributed by atoms with Crippen molar-refractivity contribution in [2.24, 2.45) is 0 Å². The highest BCUT2D eigenvalue weighted by molar-refractivity contribution is 5.93. The number of aryl methyl sites for hydroxylation is 1. The van der Waals surface area contributed by atoms with Crippen LogP contribution in [0.1, 0.15) is 21.8 Å². The number of aromatic nitrogens is 1. The summed E-state index contributed by atoms with van der Waals surface area (Å²) in [5.41, 5.74) is 1.31. The number of carbonyl (C=O) groups is 1. The summed E-state index contributed by atoms with van der Waals surface area (Å²) in [6.07, 6.45) is 0. The second-order valence-corrected chi connectivity index (χ2v) is 4.31. The summed E-state index contributed by atoms with van der Waals surface area (Å²) in [5, 5.41) is 3.83. The first-order valence-corrected chi connectivity index (χ1v) is 5.50. The zero-order valence-electron chi connectivity index (χ0n) is 9.99. The van der Waals surface area contributed by atoms with E-state index < -0.39 is 0 Å². The molecule has 1 aliphatic rings. The Labute approximate surface area is 95.0 Å². The quantitative estimate of drug-likeness (QED) is 0.702. The van der Waals surface area contributed by atoms with Crippen LogP contribution in [0.25, 0.3) is 0 Å². The van der Waals surface area contributed by atoms with Crippen LogP contribution in [0.5, 0.6) is 0 Å². The second kappa shape index (κ2) is 4.25. The van der Waals surface area contributed by atoms with E-state index >= 15 is 0 Å². The minimum absolute atomic E-state index is 0.0116. The van der Waals surface area contributed by atoms with E-state index in [0.717, 1.165) is 37.5 Å². The predicted molar refractivity (Wildman–Crippen MR) is 59.4 cm³/mol. The van der Waals surface area contributed by atoms with Crippen molar-refractivity contribution in [3.8, 4) is 0 Å². The van der Waals surface area contributed by atoms with Gasteiger partial charge in [-0.25, -0.2) is 0 Å². The maximum absolute atomic E-state index is 12.1. The number of likely N-dealkylation sites (N-methyl/N-ethyl adjacent to an activating group) is 1. The van der Waals surface area contributed by atoms with Crippen molar-refractivity contribution in [3.63, 3.8) is 0 Å². The van der Waals surface area contributed by atoms with Crippen LogP contribution in [0.4, 0.5) is 0 Å². The van der Waals surface area contributed by atoms with Crippen molar-refractivity contribution in [2.45, 2.75) is 13.8 Å². The molecule has 2 heterocycles. The number of hydrogen-bond donors (Lipinski definition) is 0. The van der Waals surface area contributed by atoms with Gasteiger partial charge in [0.2, 0.25) is 0 Å². The maximum atomic E-state index is 12.1. The number of carbonyl (C=O) groups excluding carboxylic acids is 1. The summed E-state index contributed by atoms with van der Waals surface area (Å²) < 4.78 is 5.02. The monoisotopic (exact) mass is 223 g/mol. The zero-order chi connectivity index (χ0) is 11.7. The molecule has 1 fully saturated rings. The number of nitrogens with zero attached hydrogens (tertiary/aromatic N) is 3. The summed E-state index contributed by atoms with van der Waals surface area (Å²) in [6.45, 7) is 7.06. The third kappa shape index (κ3) is 1.95. The van der Waals surface area contributed by atoms with E-state index in [0.29, 0.717) is 5.69 Å². The molecule has 0 radical (unpaired) electrons. The number of hydrogen-bond acceptors (Lipinski definition) is 4. The van der Waals surface area contributed by atoms with E-state index in [1.165, 1.54) is 0 Å². The third-order valence-corrected chi connectivity index (χ3v) is 3.15. The Hall–Kier alpha value is -1.36. The van der Waals surface area contributed by atoms with Gasteiger partial charge in [-0.15, -0.1) is 0 Å². The molecule has 5 heteroatoms. The zero-order valence-corrected chi connectivity index (χ0v) is 9.99. The van der Waals surface area contributed by atoms with Gasteiger partial charge < -0.3 is 14.3 Å². The fourth-order valence-electron chi connectivity index (χ4n) is 1.78. The standard InChI is InChI=1S/C11H17N3O2/c1-8-9(2)16-12-10(8)11(15)14-6-4-13(3)5-7-14/h4-7H2,1-3H3. The molecule has 0 saturated carbocycles. The molecule has 1 aliphatic heterocycles. The van der Waals surface area contributed by atoms with Crippen molar-refractivity contribution in [1.82, 2.24) is 15.0 Å². The smallest absolute Gasteiger partial charge is 0.276 e. The minimum atomic E-state index is -0.0116. The molecule has 88 valence electrons. The summed E-state index contributed by atoms with van der Waals surface area (Å²) in [4.78, 5) is 16.2. The number of rotatable bonds is 1. The first kappa shape index (κ1) is 11.1. The third-order valence-electron chi connectivity index (χ3n) is 3.15. The molecular weight excluding hydrogens is 206 g/mol. The minimum Gasteiger partial charge on any atom is -0.361 e. The summed E-state index contributed by atoms with van der Waals surface area (Å²) >= 11 is 0. The van der Waals surface area contributed by atoms with E-state index in [2.05, 4.69) is 17.1 Å². The lowest BCUT2D eigenvalue weighted by atomic mass is 10.2. The molecule has 0 unspecified atom stereocenters. The molecule has 0 aromatic carbocycles. The fraction of sp³-hybridized carbons (Fsp3) is 0.636. The van der Waals surface area contributed by atoms with E-state index in [-0.39, 0.29) is 5.91 Å². The van der Waals surface area contributed by atoms with Gasteiger partial charge in [0.1, 0.15) is 5.76 Å². The van der Waals surface area contributed by atoms with Crippen molar-refractivity contribution in [2.75, 3.05) is 33.2 Å². The number of piperazine rings is 1. The molecule has 1 amide bonds. The average molecular weight is 223 g/mol. The van der Waals surface area contributed by atoms with E-state index in [4.69, 9.17) is 4.52 Å². The Kier molecular flexibility index (Phi) is 2.96. The Morgan fingerprint density at radius 2 is 1.88 bits per heavy atom. The lowest BCUT2D eigenvalue weighted by molar-refractivity contribution is 0.0653. The lowest BCUT2D eigenvalue weighted by Gasteiger charge is -2.31. The van der Waals surface area contributed by atoms with E-state index in [9.17, 15) is 4.79 Å². The van der Waals surface area contributed by atoms with Crippen molar-refractivity contribution in [3.05, 3.63) is 17.0 Å². The van der Waals surface area contributed by atoms with Gasteiger partial charge >= 0.3 is 0 Å².